The molecular formula is C27H29NO6S2. The van der Waals surface area contributed by atoms with Crippen LogP contribution in [0.25, 0.3) is 0 Å². The summed E-state index contributed by atoms with van der Waals surface area (Å²) in [4.78, 5) is 27.5. The number of benzene rings is 2. The van der Waals surface area contributed by atoms with Gasteiger partial charge in [-0.3, -0.25) is 9.00 Å². The lowest BCUT2D eigenvalue weighted by molar-refractivity contribution is -0.152. The van der Waals surface area contributed by atoms with E-state index < -0.39 is 22.7 Å². The van der Waals surface area contributed by atoms with Gasteiger partial charge in [0.15, 0.2) is 0 Å². The van der Waals surface area contributed by atoms with E-state index in [2.05, 4.69) is 5.32 Å². The van der Waals surface area contributed by atoms with Crippen LogP contribution in [-0.4, -0.2) is 40.2 Å². The number of carbonyl (C=O) groups excluding carboxylic acids is 2. The Balaban J connectivity index is 1.72. The number of nitrogens with one attached hydrogen (secondary N) is 1. The normalized spacial score (nSPS) is 19.2. The van der Waals surface area contributed by atoms with Crippen molar-refractivity contribution >= 4 is 34.5 Å². The van der Waals surface area contributed by atoms with Crippen LogP contribution in [-0.2, 0) is 29.9 Å². The first-order chi connectivity index (χ1) is 17.2. The molecule has 0 saturated heterocycles. The van der Waals surface area contributed by atoms with Gasteiger partial charge in [0.2, 0.25) is 0 Å². The minimum Gasteiger partial charge on any atom is -0.508 e. The van der Waals surface area contributed by atoms with Crippen molar-refractivity contribution in [2.24, 2.45) is 5.92 Å². The summed E-state index contributed by atoms with van der Waals surface area (Å²) in [6.07, 6.45) is 0. The summed E-state index contributed by atoms with van der Waals surface area (Å²) >= 11 is 1.45. The van der Waals surface area contributed by atoms with E-state index in [1.54, 1.807) is 32.9 Å². The monoisotopic (exact) mass is 527 g/mol. The number of hydrogen-bond donors (Lipinski definition) is 2. The highest BCUT2D eigenvalue weighted by molar-refractivity contribution is 8.03. The van der Waals surface area contributed by atoms with Gasteiger partial charge in [0.1, 0.15) is 19.0 Å². The average Bonchev–Trinajstić information content (AvgIpc) is 2.97. The highest BCUT2D eigenvalue weighted by Gasteiger charge is 2.39. The van der Waals surface area contributed by atoms with Crippen LogP contribution >= 0.6 is 11.8 Å². The second-order valence-corrected chi connectivity index (χ2v) is 11.4. The zero-order valence-electron chi connectivity index (χ0n) is 20.6. The van der Waals surface area contributed by atoms with E-state index in [0.29, 0.717) is 16.8 Å². The lowest BCUT2D eigenvalue weighted by Gasteiger charge is -2.32. The fourth-order valence-corrected chi connectivity index (χ4v) is 7.08. The number of phenols is 1. The van der Waals surface area contributed by atoms with Crippen molar-refractivity contribution in [2.45, 2.75) is 43.4 Å². The molecule has 2 N–H and O–H groups in total. The maximum atomic E-state index is 13.4. The summed E-state index contributed by atoms with van der Waals surface area (Å²) in [6.45, 7) is 6.98. The summed E-state index contributed by atoms with van der Waals surface area (Å²) in [5.74, 6) is -1.50. The Morgan fingerprint density at radius 1 is 1.11 bits per heavy atom. The summed E-state index contributed by atoms with van der Waals surface area (Å²) < 4.78 is 23.8. The third-order valence-electron chi connectivity index (χ3n) is 6.02. The molecule has 2 aliphatic rings. The molecule has 0 fully saturated rings. The van der Waals surface area contributed by atoms with Crippen LogP contribution < -0.4 is 5.32 Å². The summed E-state index contributed by atoms with van der Waals surface area (Å²) in [7, 11) is -1.28. The quantitative estimate of drug-likeness (QED) is 0.417. The molecule has 0 aliphatic carbocycles. The van der Waals surface area contributed by atoms with Gasteiger partial charge in [0.05, 0.1) is 38.9 Å². The molecule has 2 heterocycles. The predicted octanol–water partition coefficient (Wildman–Crippen LogP) is 4.53. The Morgan fingerprint density at radius 2 is 1.83 bits per heavy atom. The van der Waals surface area contributed by atoms with Crippen LogP contribution in [0.15, 0.2) is 74.1 Å². The molecule has 0 saturated carbocycles. The third kappa shape index (κ3) is 5.22. The van der Waals surface area contributed by atoms with E-state index in [1.165, 1.54) is 11.8 Å². The molecule has 0 radical (unpaired) electrons. The molecule has 2 unspecified atom stereocenters. The number of thioether (sulfide) groups is 1. The smallest absolute Gasteiger partial charge is 0.336 e. The zero-order valence-corrected chi connectivity index (χ0v) is 22.3. The minimum atomic E-state index is -1.28. The second-order valence-electron chi connectivity index (χ2n) is 8.94. The number of esters is 2. The molecule has 0 aromatic heterocycles. The number of rotatable bonds is 6. The molecule has 4 rings (SSSR count). The van der Waals surface area contributed by atoms with Crippen molar-refractivity contribution in [1.82, 2.24) is 5.32 Å². The van der Waals surface area contributed by atoms with Gasteiger partial charge in [0, 0.05) is 26.8 Å². The van der Waals surface area contributed by atoms with E-state index in [9.17, 15) is 18.9 Å². The lowest BCUT2D eigenvalue weighted by atomic mass is 9.83. The molecule has 0 bridgehead atoms. The molecular weight excluding hydrogens is 498 g/mol. The number of aromatic hydroxyl groups is 1. The Morgan fingerprint density at radius 3 is 2.56 bits per heavy atom. The standard InChI is InChI=1S/C27H29NO6S2/c1-15(2)26(30)33-12-13-34-27(31)23-17(4)28-18-14-36(32)21-11-6-5-10-20(21)35-25(18)24(23)22-16(3)8-7-9-19(22)29/h5-11,15,24,28-29H,12-14H2,1-4H3. The first kappa shape index (κ1) is 26.0. The van der Waals surface area contributed by atoms with E-state index in [1.807, 2.05) is 37.3 Å². The number of hydrogen-bond acceptors (Lipinski definition) is 8. The van der Waals surface area contributed by atoms with E-state index in [0.717, 1.165) is 26.0 Å². The largest absolute Gasteiger partial charge is 0.508 e. The van der Waals surface area contributed by atoms with Crippen molar-refractivity contribution in [3.63, 3.8) is 0 Å². The maximum absolute atomic E-state index is 13.4. The van der Waals surface area contributed by atoms with E-state index in [-0.39, 0.29) is 36.6 Å². The van der Waals surface area contributed by atoms with Gasteiger partial charge in [-0.1, -0.05) is 49.9 Å². The van der Waals surface area contributed by atoms with Crippen molar-refractivity contribution in [1.29, 1.82) is 0 Å². The number of dihydropyridines is 1. The van der Waals surface area contributed by atoms with Gasteiger partial charge in [0.25, 0.3) is 0 Å². The zero-order chi connectivity index (χ0) is 26.0. The van der Waals surface area contributed by atoms with Crippen molar-refractivity contribution < 1.29 is 28.4 Å². The fraction of sp³-hybridized carbons (Fsp3) is 0.333. The molecule has 2 aliphatic heterocycles. The highest BCUT2D eigenvalue weighted by Crippen LogP contribution is 2.51. The lowest BCUT2D eigenvalue weighted by Crippen LogP contribution is -2.31. The Hall–Kier alpha value is -3.04. The number of phenolic OH excluding ortho intramolecular Hbond substituents is 1. The molecule has 7 nitrogen and oxygen atoms in total. The molecule has 190 valence electrons. The van der Waals surface area contributed by atoms with Crippen molar-refractivity contribution in [3.05, 3.63) is 75.5 Å². The fourth-order valence-electron chi connectivity index (χ4n) is 4.26. The van der Waals surface area contributed by atoms with Crippen LogP contribution in [0, 0.1) is 12.8 Å². The van der Waals surface area contributed by atoms with Crippen LogP contribution in [0.5, 0.6) is 5.75 Å². The third-order valence-corrected chi connectivity index (χ3v) is 8.83. The van der Waals surface area contributed by atoms with Gasteiger partial charge in [-0.25, -0.2) is 4.79 Å². The number of ether oxygens (including phenoxy) is 2. The number of carbonyl (C=O) groups is 2. The number of aryl methyl sites for hydroxylation is 1. The van der Waals surface area contributed by atoms with Crippen LogP contribution in [0.2, 0.25) is 0 Å². The molecule has 2 aromatic rings. The summed E-state index contributed by atoms with van der Waals surface area (Å²) in [5, 5.41) is 14.2. The van der Waals surface area contributed by atoms with Gasteiger partial charge >= 0.3 is 11.9 Å². The maximum Gasteiger partial charge on any atom is 0.336 e. The minimum absolute atomic E-state index is 0.0438. The van der Waals surface area contributed by atoms with E-state index >= 15 is 0 Å². The Kier molecular flexibility index (Phi) is 7.90. The average molecular weight is 528 g/mol. The highest BCUT2D eigenvalue weighted by atomic mass is 32.2. The summed E-state index contributed by atoms with van der Waals surface area (Å²) in [6, 6.07) is 12.8. The molecule has 36 heavy (non-hydrogen) atoms. The first-order valence-corrected chi connectivity index (χ1v) is 13.8. The van der Waals surface area contributed by atoms with Crippen molar-refractivity contribution in [3.8, 4) is 5.75 Å². The number of fused-ring (bicyclic) bond motifs is 1. The van der Waals surface area contributed by atoms with Gasteiger partial charge < -0.3 is 19.9 Å². The topological polar surface area (TPSA) is 102 Å². The number of allylic oxidation sites excluding steroid dienone is 2. The van der Waals surface area contributed by atoms with Gasteiger partial charge in [-0.05, 0) is 37.6 Å². The first-order valence-electron chi connectivity index (χ1n) is 11.7. The molecule has 0 spiro atoms. The Labute approximate surface area is 217 Å². The SMILES string of the molecule is CC1=C(C(=O)OCCOC(=O)C(C)C)C(c2c(C)cccc2O)C2=C(CS(=O)c3ccccc3S2)N1. The van der Waals surface area contributed by atoms with Crippen LogP contribution in [0.1, 0.15) is 37.8 Å². The van der Waals surface area contributed by atoms with Crippen LogP contribution in [0.4, 0.5) is 0 Å². The molecule has 2 atom stereocenters. The van der Waals surface area contributed by atoms with E-state index in [4.69, 9.17) is 9.47 Å². The van der Waals surface area contributed by atoms with Gasteiger partial charge in [-0.15, -0.1) is 0 Å². The summed E-state index contributed by atoms with van der Waals surface area (Å²) in [5.41, 5.74) is 3.08. The Bertz CT molecular complexity index is 1280. The second kappa shape index (κ2) is 10.9. The molecule has 2 aromatic carbocycles. The molecule has 0 amide bonds. The predicted molar refractivity (Wildman–Crippen MR) is 139 cm³/mol. The van der Waals surface area contributed by atoms with Crippen molar-refractivity contribution in [2.75, 3.05) is 19.0 Å². The van der Waals surface area contributed by atoms with Gasteiger partial charge in [-0.2, -0.15) is 0 Å². The van der Waals surface area contributed by atoms with Crippen LogP contribution in [0.3, 0.4) is 0 Å². The molecule has 9 heteroatoms.